The van der Waals surface area contributed by atoms with Crippen molar-refractivity contribution in [3.8, 4) is 0 Å². The van der Waals surface area contributed by atoms with Crippen LogP contribution in [-0.4, -0.2) is 29.1 Å². The predicted octanol–water partition coefficient (Wildman–Crippen LogP) is 3.40. The lowest BCUT2D eigenvalue weighted by molar-refractivity contribution is -0.143. The Morgan fingerprint density at radius 2 is 2.33 bits per heavy atom. The highest BCUT2D eigenvalue weighted by Gasteiger charge is 2.25. The van der Waals surface area contributed by atoms with Gasteiger partial charge >= 0.3 is 5.97 Å². The number of hydrogen-bond acceptors (Lipinski definition) is 2. The zero-order valence-corrected chi connectivity index (χ0v) is 12.2. The Morgan fingerprint density at radius 3 is 3.00 bits per heavy atom. The summed E-state index contributed by atoms with van der Waals surface area (Å²) >= 11 is 9.41. The number of carboxylic acids is 1. The third-order valence-corrected chi connectivity index (χ3v) is 4.48. The summed E-state index contributed by atoms with van der Waals surface area (Å²) in [6.07, 6.45) is 1.73. The third-order valence-electron chi connectivity index (χ3n) is 3.24. The van der Waals surface area contributed by atoms with Crippen LogP contribution in [0.4, 0.5) is 0 Å². The summed E-state index contributed by atoms with van der Waals surface area (Å²) in [7, 11) is 0. The number of rotatable bonds is 3. The molecule has 1 aliphatic rings. The number of carboxylic acid groups (broad SMARTS) is 1. The van der Waals surface area contributed by atoms with Gasteiger partial charge in [0.25, 0.3) is 0 Å². The van der Waals surface area contributed by atoms with E-state index < -0.39 is 5.97 Å². The summed E-state index contributed by atoms with van der Waals surface area (Å²) in [5.74, 6) is -0.918. The standard InChI is InChI=1S/C13H15BrClNO2/c14-11-4-3-9(6-12(11)15)7-16-5-1-2-10(8-16)13(17)18/h3-4,6,10H,1-2,5,7-8H2,(H,17,18). The molecule has 1 aromatic rings. The lowest BCUT2D eigenvalue weighted by atomic mass is 9.98. The van der Waals surface area contributed by atoms with Crippen LogP contribution in [0.15, 0.2) is 22.7 Å². The van der Waals surface area contributed by atoms with Crippen LogP contribution in [-0.2, 0) is 11.3 Å². The molecule has 1 unspecified atom stereocenters. The predicted molar refractivity (Wildman–Crippen MR) is 74.8 cm³/mol. The average molecular weight is 333 g/mol. The molecule has 3 nitrogen and oxygen atoms in total. The minimum Gasteiger partial charge on any atom is -0.481 e. The summed E-state index contributed by atoms with van der Waals surface area (Å²) in [6.45, 7) is 2.34. The molecule has 0 saturated carbocycles. The number of benzene rings is 1. The van der Waals surface area contributed by atoms with Gasteiger partial charge in [-0.3, -0.25) is 9.69 Å². The van der Waals surface area contributed by atoms with Crippen LogP contribution >= 0.6 is 27.5 Å². The molecule has 1 atom stereocenters. The van der Waals surface area contributed by atoms with Crippen LogP contribution < -0.4 is 0 Å². The maximum atomic E-state index is 11.0. The normalized spacial score (nSPS) is 20.9. The zero-order chi connectivity index (χ0) is 13.1. The SMILES string of the molecule is O=C(O)C1CCCN(Cc2ccc(Br)c(Cl)c2)C1. The van der Waals surface area contributed by atoms with Gasteiger partial charge in [-0.05, 0) is 53.0 Å². The van der Waals surface area contributed by atoms with Gasteiger partial charge in [-0.25, -0.2) is 0 Å². The molecule has 0 aliphatic carbocycles. The zero-order valence-electron chi connectivity index (χ0n) is 9.90. The summed E-state index contributed by atoms with van der Waals surface area (Å²) in [6, 6.07) is 5.87. The van der Waals surface area contributed by atoms with Crippen LogP contribution in [0.2, 0.25) is 5.02 Å². The number of hydrogen-bond donors (Lipinski definition) is 1. The number of carbonyl (C=O) groups is 1. The van der Waals surface area contributed by atoms with Gasteiger partial charge in [0.1, 0.15) is 0 Å². The third kappa shape index (κ3) is 3.46. The van der Waals surface area contributed by atoms with Crippen molar-refractivity contribution in [2.24, 2.45) is 5.92 Å². The molecule has 0 radical (unpaired) electrons. The second-order valence-corrected chi connectivity index (χ2v) is 5.92. The number of nitrogens with zero attached hydrogens (tertiary/aromatic N) is 1. The fourth-order valence-corrected chi connectivity index (χ4v) is 2.75. The summed E-state index contributed by atoms with van der Waals surface area (Å²) in [5.41, 5.74) is 1.12. The lowest BCUT2D eigenvalue weighted by Crippen LogP contribution is -2.38. The molecule has 1 aliphatic heterocycles. The highest BCUT2D eigenvalue weighted by molar-refractivity contribution is 9.10. The molecule has 1 aromatic carbocycles. The van der Waals surface area contributed by atoms with E-state index in [9.17, 15) is 4.79 Å². The molecule has 1 fully saturated rings. The van der Waals surface area contributed by atoms with E-state index in [0.717, 1.165) is 36.0 Å². The molecule has 1 N–H and O–H groups in total. The Hall–Kier alpha value is -0.580. The second-order valence-electron chi connectivity index (χ2n) is 4.66. The van der Waals surface area contributed by atoms with E-state index in [0.29, 0.717) is 11.6 Å². The molecular weight excluding hydrogens is 318 g/mol. The Bertz CT molecular complexity index is 453. The summed E-state index contributed by atoms with van der Waals surface area (Å²) in [4.78, 5) is 13.2. The van der Waals surface area contributed by atoms with Gasteiger partial charge in [0, 0.05) is 17.6 Å². The first-order chi connectivity index (χ1) is 8.56. The number of halogens is 2. The molecule has 0 bridgehead atoms. The molecule has 0 aromatic heterocycles. The fraction of sp³-hybridized carbons (Fsp3) is 0.462. The van der Waals surface area contributed by atoms with Crippen molar-refractivity contribution in [1.29, 1.82) is 0 Å². The molecule has 98 valence electrons. The molecule has 1 heterocycles. The van der Waals surface area contributed by atoms with Gasteiger partial charge in [-0.15, -0.1) is 0 Å². The fourth-order valence-electron chi connectivity index (χ4n) is 2.30. The van der Waals surface area contributed by atoms with Crippen molar-refractivity contribution < 1.29 is 9.90 Å². The molecule has 18 heavy (non-hydrogen) atoms. The van der Waals surface area contributed by atoms with Gasteiger partial charge < -0.3 is 5.11 Å². The van der Waals surface area contributed by atoms with Gasteiger partial charge in [0.2, 0.25) is 0 Å². The van der Waals surface area contributed by atoms with E-state index in [-0.39, 0.29) is 5.92 Å². The average Bonchev–Trinajstić information content (AvgIpc) is 2.34. The van der Waals surface area contributed by atoms with E-state index in [1.54, 1.807) is 0 Å². The number of aliphatic carboxylic acids is 1. The van der Waals surface area contributed by atoms with Crippen molar-refractivity contribution >= 4 is 33.5 Å². The van der Waals surface area contributed by atoms with Gasteiger partial charge in [-0.1, -0.05) is 17.7 Å². The van der Waals surface area contributed by atoms with Crippen molar-refractivity contribution in [3.05, 3.63) is 33.3 Å². The van der Waals surface area contributed by atoms with Crippen LogP contribution in [0.3, 0.4) is 0 Å². The van der Waals surface area contributed by atoms with Crippen LogP contribution in [0.5, 0.6) is 0 Å². The van der Waals surface area contributed by atoms with Crippen molar-refractivity contribution in [3.63, 3.8) is 0 Å². The smallest absolute Gasteiger partial charge is 0.307 e. The molecule has 1 saturated heterocycles. The number of piperidine rings is 1. The maximum Gasteiger partial charge on any atom is 0.307 e. The topological polar surface area (TPSA) is 40.5 Å². The molecule has 5 heteroatoms. The first-order valence-corrected chi connectivity index (χ1v) is 7.12. The lowest BCUT2D eigenvalue weighted by Gasteiger charge is -2.30. The monoisotopic (exact) mass is 331 g/mol. The molecule has 0 amide bonds. The van der Waals surface area contributed by atoms with E-state index in [4.69, 9.17) is 16.7 Å². The Kier molecular flexibility index (Phi) is 4.65. The first-order valence-electron chi connectivity index (χ1n) is 5.95. The van der Waals surface area contributed by atoms with E-state index in [2.05, 4.69) is 20.8 Å². The highest BCUT2D eigenvalue weighted by Crippen LogP contribution is 2.25. The minimum atomic E-state index is -0.687. The Balaban J connectivity index is 2.00. The van der Waals surface area contributed by atoms with E-state index in [1.165, 1.54) is 0 Å². The number of likely N-dealkylation sites (tertiary alicyclic amines) is 1. The van der Waals surface area contributed by atoms with Crippen LogP contribution in [0.1, 0.15) is 18.4 Å². The van der Waals surface area contributed by atoms with Crippen LogP contribution in [0.25, 0.3) is 0 Å². The van der Waals surface area contributed by atoms with E-state index >= 15 is 0 Å². The van der Waals surface area contributed by atoms with Gasteiger partial charge in [0.05, 0.1) is 10.9 Å². The Morgan fingerprint density at radius 1 is 1.56 bits per heavy atom. The minimum absolute atomic E-state index is 0.232. The molecular formula is C13H15BrClNO2. The second kappa shape index (κ2) is 6.04. The van der Waals surface area contributed by atoms with Crippen LogP contribution in [0, 0.1) is 5.92 Å². The van der Waals surface area contributed by atoms with Crippen molar-refractivity contribution in [1.82, 2.24) is 4.90 Å². The molecule has 2 rings (SSSR count). The Labute approximate surface area is 120 Å². The quantitative estimate of drug-likeness (QED) is 0.922. The maximum absolute atomic E-state index is 11.0. The van der Waals surface area contributed by atoms with Gasteiger partial charge in [0.15, 0.2) is 0 Å². The summed E-state index contributed by atoms with van der Waals surface area (Å²) < 4.78 is 0.884. The summed E-state index contributed by atoms with van der Waals surface area (Å²) in [5, 5.41) is 9.74. The van der Waals surface area contributed by atoms with Crippen molar-refractivity contribution in [2.45, 2.75) is 19.4 Å². The first kappa shape index (κ1) is 13.8. The molecule has 0 spiro atoms. The highest BCUT2D eigenvalue weighted by atomic mass is 79.9. The van der Waals surface area contributed by atoms with Gasteiger partial charge in [-0.2, -0.15) is 0 Å². The van der Waals surface area contributed by atoms with Crippen molar-refractivity contribution in [2.75, 3.05) is 13.1 Å². The van der Waals surface area contributed by atoms with E-state index in [1.807, 2.05) is 18.2 Å². The largest absolute Gasteiger partial charge is 0.481 e.